The number of fused-ring (bicyclic) bond motifs is 1. The van der Waals surface area contributed by atoms with Crippen LogP contribution in [0.5, 0.6) is 11.6 Å². The van der Waals surface area contributed by atoms with Crippen molar-refractivity contribution in [1.82, 2.24) is 14.6 Å². The fraction of sp³-hybridized carbons (Fsp3) is 0.143. The molecule has 2 heterocycles. The van der Waals surface area contributed by atoms with Crippen molar-refractivity contribution in [3.8, 4) is 11.6 Å². The SMILES string of the molecule is CNc1ccc(Oc2cc(C)cc3ncnn23)cc1. The van der Waals surface area contributed by atoms with Crippen molar-refractivity contribution in [2.24, 2.45) is 0 Å². The van der Waals surface area contributed by atoms with Crippen LogP contribution in [-0.4, -0.2) is 21.6 Å². The average molecular weight is 254 g/mol. The van der Waals surface area contributed by atoms with Gasteiger partial charge in [0.1, 0.15) is 12.1 Å². The molecule has 1 N–H and O–H groups in total. The Bertz CT molecular complexity index is 703. The van der Waals surface area contributed by atoms with E-state index in [0.717, 1.165) is 22.6 Å². The summed E-state index contributed by atoms with van der Waals surface area (Å²) < 4.78 is 7.54. The molecule has 5 heteroatoms. The predicted octanol–water partition coefficient (Wildman–Crippen LogP) is 2.87. The van der Waals surface area contributed by atoms with Gasteiger partial charge >= 0.3 is 0 Å². The first kappa shape index (κ1) is 11.5. The average Bonchev–Trinajstić information content (AvgIpc) is 2.88. The van der Waals surface area contributed by atoms with Gasteiger partial charge in [0, 0.05) is 18.8 Å². The Morgan fingerprint density at radius 1 is 1.16 bits per heavy atom. The molecule has 0 bridgehead atoms. The summed E-state index contributed by atoms with van der Waals surface area (Å²) in [4.78, 5) is 4.17. The van der Waals surface area contributed by atoms with Gasteiger partial charge in [-0.3, -0.25) is 0 Å². The van der Waals surface area contributed by atoms with Crippen LogP contribution in [0.4, 0.5) is 5.69 Å². The van der Waals surface area contributed by atoms with Crippen molar-refractivity contribution in [1.29, 1.82) is 0 Å². The van der Waals surface area contributed by atoms with Crippen molar-refractivity contribution in [2.45, 2.75) is 6.92 Å². The maximum Gasteiger partial charge on any atom is 0.222 e. The normalized spacial score (nSPS) is 10.6. The number of aryl methyl sites for hydroxylation is 1. The van der Waals surface area contributed by atoms with Crippen LogP contribution in [0.2, 0.25) is 0 Å². The minimum Gasteiger partial charge on any atom is -0.439 e. The van der Waals surface area contributed by atoms with E-state index < -0.39 is 0 Å². The maximum atomic E-state index is 5.86. The maximum absolute atomic E-state index is 5.86. The first-order valence-corrected chi connectivity index (χ1v) is 6.02. The lowest BCUT2D eigenvalue weighted by molar-refractivity contribution is 0.447. The lowest BCUT2D eigenvalue weighted by Gasteiger charge is -2.08. The number of pyridine rings is 1. The molecule has 0 unspecified atom stereocenters. The van der Waals surface area contributed by atoms with Crippen LogP contribution in [0.15, 0.2) is 42.7 Å². The highest BCUT2D eigenvalue weighted by molar-refractivity contribution is 5.48. The fourth-order valence-corrected chi connectivity index (χ4v) is 1.90. The largest absolute Gasteiger partial charge is 0.439 e. The molecule has 19 heavy (non-hydrogen) atoms. The van der Waals surface area contributed by atoms with E-state index in [9.17, 15) is 0 Å². The Morgan fingerprint density at radius 2 is 1.95 bits per heavy atom. The zero-order valence-corrected chi connectivity index (χ0v) is 10.8. The number of benzene rings is 1. The van der Waals surface area contributed by atoms with E-state index in [4.69, 9.17) is 4.74 Å². The van der Waals surface area contributed by atoms with Gasteiger partial charge < -0.3 is 10.1 Å². The first-order chi connectivity index (χ1) is 9.26. The first-order valence-electron chi connectivity index (χ1n) is 6.02. The lowest BCUT2D eigenvalue weighted by atomic mass is 10.3. The van der Waals surface area contributed by atoms with Crippen molar-refractivity contribution in [2.75, 3.05) is 12.4 Å². The molecule has 96 valence electrons. The zero-order chi connectivity index (χ0) is 13.2. The Hall–Kier alpha value is -2.56. The van der Waals surface area contributed by atoms with Gasteiger partial charge in [0.2, 0.25) is 5.88 Å². The molecule has 0 amide bonds. The van der Waals surface area contributed by atoms with E-state index in [0.29, 0.717) is 5.88 Å². The van der Waals surface area contributed by atoms with E-state index in [-0.39, 0.29) is 0 Å². The molecule has 0 fully saturated rings. The van der Waals surface area contributed by atoms with Crippen LogP contribution in [-0.2, 0) is 0 Å². The van der Waals surface area contributed by atoms with E-state index in [1.165, 1.54) is 6.33 Å². The molecule has 0 aliphatic carbocycles. The molecule has 0 saturated carbocycles. The van der Waals surface area contributed by atoms with E-state index in [2.05, 4.69) is 15.4 Å². The number of anilines is 1. The van der Waals surface area contributed by atoms with Crippen LogP contribution in [0.3, 0.4) is 0 Å². The monoisotopic (exact) mass is 254 g/mol. The number of ether oxygens (including phenoxy) is 1. The zero-order valence-electron chi connectivity index (χ0n) is 10.8. The number of aromatic nitrogens is 3. The molecule has 2 aromatic heterocycles. The summed E-state index contributed by atoms with van der Waals surface area (Å²) in [6.45, 7) is 2.01. The van der Waals surface area contributed by atoms with Gasteiger partial charge in [0.15, 0.2) is 5.65 Å². The van der Waals surface area contributed by atoms with Crippen LogP contribution in [0.1, 0.15) is 5.56 Å². The molecule has 5 nitrogen and oxygen atoms in total. The number of nitrogens with zero attached hydrogens (tertiary/aromatic N) is 3. The molecule has 0 saturated heterocycles. The molecule has 3 rings (SSSR count). The molecule has 0 radical (unpaired) electrons. The highest BCUT2D eigenvalue weighted by Crippen LogP contribution is 2.24. The molecule has 0 aliphatic rings. The summed E-state index contributed by atoms with van der Waals surface area (Å²) in [5.74, 6) is 1.42. The van der Waals surface area contributed by atoms with Gasteiger partial charge in [-0.1, -0.05) is 0 Å². The molecular weight excluding hydrogens is 240 g/mol. The van der Waals surface area contributed by atoms with E-state index in [1.54, 1.807) is 4.52 Å². The van der Waals surface area contributed by atoms with Crippen LogP contribution < -0.4 is 10.1 Å². The summed E-state index contributed by atoms with van der Waals surface area (Å²) in [6.07, 6.45) is 1.52. The molecule has 3 aromatic rings. The molecule has 0 aliphatic heterocycles. The third kappa shape index (κ3) is 2.22. The third-order valence-electron chi connectivity index (χ3n) is 2.86. The number of hydrogen-bond acceptors (Lipinski definition) is 4. The minimum absolute atomic E-state index is 0.657. The Morgan fingerprint density at radius 3 is 2.68 bits per heavy atom. The summed E-state index contributed by atoms with van der Waals surface area (Å²) in [5.41, 5.74) is 2.91. The minimum atomic E-state index is 0.657. The van der Waals surface area contributed by atoms with Gasteiger partial charge in [-0.05, 0) is 42.8 Å². The van der Waals surface area contributed by atoms with Crippen molar-refractivity contribution in [3.63, 3.8) is 0 Å². The van der Waals surface area contributed by atoms with Gasteiger partial charge in [-0.2, -0.15) is 9.61 Å². The lowest BCUT2D eigenvalue weighted by Crippen LogP contribution is -1.96. The topological polar surface area (TPSA) is 51.5 Å². The highest BCUT2D eigenvalue weighted by Gasteiger charge is 2.06. The van der Waals surface area contributed by atoms with E-state index in [1.807, 2.05) is 50.4 Å². The molecule has 0 spiro atoms. The van der Waals surface area contributed by atoms with E-state index >= 15 is 0 Å². The van der Waals surface area contributed by atoms with Crippen LogP contribution in [0, 0.1) is 6.92 Å². The third-order valence-corrected chi connectivity index (χ3v) is 2.86. The van der Waals surface area contributed by atoms with Gasteiger partial charge in [-0.25, -0.2) is 4.98 Å². The smallest absolute Gasteiger partial charge is 0.222 e. The van der Waals surface area contributed by atoms with Crippen molar-refractivity contribution < 1.29 is 4.74 Å². The second-order valence-electron chi connectivity index (χ2n) is 4.28. The van der Waals surface area contributed by atoms with Gasteiger partial charge in [0.05, 0.1) is 0 Å². The standard InChI is InChI=1S/C14H14N4O/c1-10-7-13-16-9-17-18(13)14(8-10)19-12-5-3-11(15-2)4-6-12/h3-9,15H,1-2H3. The Balaban J connectivity index is 1.97. The highest BCUT2D eigenvalue weighted by atomic mass is 16.5. The molecule has 1 aromatic carbocycles. The summed E-state index contributed by atoms with van der Waals surface area (Å²) in [7, 11) is 1.88. The summed E-state index contributed by atoms with van der Waals surface area (Å²) in [6, 6.07) is 11.7. The van der Waals surface area contributed by atoms with Crippen LogP contribution >= 0.6 is 0 Å². The fourth-order valence-electron chi connectivity index (χ4n) is 1.90. The number of rotatable bonds is 3. The van der Waals surface area contributed by atoms with Crippen molar-refractivity contribution >= 4 is 11.3 Å². The van der Waals surface area contributed by atoms with Crippen LogP contribution in [0.25, 0.3) is 5.65 Å². The van der Waals surface area contributed by atoms with Gasteiger partial charge in [0.25, 0.3) is 0 Å². The second-order valence-corrected chi connectivity index (χ2v) is 4.28. The quantitative estimate of drug-likeness (QED) is 0.780. The predicted molar refractivity (Wildman–Crippen MR) is 73.8 cm³/mol. The number of nitrogens with one attached hydrogen (secondary N) is 1. The molecule has 0 atom stereocenters. The molecular formula is C14H14N4O. The van der Waals surface area contributed by atoms with Gasteiger partial charge in [-0.15, -0.1) is 0 Å². The number of hydrogen-bond donors (Lipinski definition) is 1. The summed E-state index contributed by atoms with van der Waals surface area (Å²) >= 11 is 0. The second kappa shape index (κ2) is 4.61. The Labute approximate surface area is 110 Å². The summed E-state index contributed by atoms with van der Waals surface area (Å²) in [5, 5.41) is 7.23. The Kier molecular flexibility index (Phi) is 2.79. The van der Waals surface area contributed by atoms with Crippen molar-refractivity contribution in [3.05, 3.63) is 48.3 Å².